The highest BCUT2D eigenvalue weighted by Gasteiger charge is 2.30. The lowest BCUT2D eigenvalue weighted by Crippen LogP contribution is -2.39. The van der Waals surface area contributed by atoms with E-state index in [1.54, 1.807) is 4.90 Å². The van der Waals surface area contributed by atoms with Crippen molar-refractivity contribution >= 4 is 11.7 Å². The van der Waals surface area contributed by atoms with Crippen LogP contribution in [0.1, 0.15) is 40.3 Å². The predicted molar refractivity (Wildman–Crippen MR) is 101 cm³/mol. The molecule has 1 aliphatic carbocycles. The fourth-order valence-corrected chi connectivity index (χ4v) is 3.92. The van der Waals surface area contributed by atoms with Crippen molar-refractivity contribution in [1.29, 1.82) is 0 Å². The number of amides is 2. The Morgan fingerprint density at radius 2 is 1.88 bits per heavy atom. The fraction of sp³-hybridized carbons (Fsp3) is 0.381. The smallest absolute Gasteiger partial charge is 0.322 e. The van der Waals surface area contributed by atoms with Crippen molar-refractivity contribution in [3.05, 3.63) is 64.2 Å². The zero-order valence-corrected chi connectivity index (χ0v) is 15.2. The summed E-state index contributed by atoms with van der Waals surface area (Å²) < 4.78 is 0. The molecule has 0 spiro atoms. The number of benzene rings is 2. The van der Waals surface area contributed by atoms with Crippen molar-refractivity contribution in [3.63, 3.8) is 0 Å². The molecule has 1 unspecified atom stereocenters. The largest absolute Gasteiger partial charge is 0.395 e. The summed E-state index contributed by atoms with van der Waals surface area (Å²) in [4.78, 5) is 14.8. The average Bonchev–Trinajstić information content (AvgIpc) is 2.99. The standard InChI is InChI=1S/C21H26N2O2/c1-14-12-15(2)20(16(3)13-14)22-21(25)23(10-11-24)19-9-8-17-6-4-5-7-18(17)19/h4-7,12-13,19,24H,8-11H2,1-3H3,(H,22,25). The maximum absolute atomic E-state index is 13.0. The first-order valence-electron chi connectivity index (χ1n) is 8.85. The van der Waals surface area contributed by atoms with Crippen LogP contribution in [0, 0.1) is 20.8 Å². The van der Waals surface area contributed by atoms with Gasteiger partial charge in [-0.3, -0.25) is 0 Å². The van der Waals surface area contributed by atoms with Crippen molar-refractivity contribution in [2.45, 2.75) is 39.7 Å². The van der Waals surface area contributed by atoms with Crippen LogP contribution in [0.4, 0.5) is 10.5 Å². The van der Waals surface area contributed by atoms with Gasteiger partial charge in [0.2, 0.25) is 0 Å². The molecule has 0 aliphatic heterocycles. The predicted octanol–water partition coefficient (Wildman–Crippen LogP) is 4.13. The highest BCUT2D eigenvalue weighted by atomic mass is 16.3. The molecule has 0 heterocycles. The van der Waals surface area contributed by atoms with Gasteiger partial charge in [0.15, 0.2) is 0 Å². The molecule has 2 amide bonds. The van der Waals surface area contributed by atoms with Crippen LogP contribution in [0.2, 0.25) is 0 Å². The number of aliphatic hydroxyl groups excluding tert-OH is 1. The number of hydrogen-bond donors (Lipinski definition) is 2. The molecule has 0 aromatic heterocycles. The van der Waals surface area contributed by atoms with Crippen molar-refractivity contribution < 1.29 is 9.90 Å². The first-order valence-corrected chi connectivity index (χ1v) is 8.85. The van der Waals surface area contributed by atoms with Gasteiger partial charge in [-0.05, 0) is 55.9 Å². The molecule has 1 aliphatic rings. The van der Waals surface area contributed by atoms with Gasteiger partial charge in [-0.1, -0.05) is 42.0 Å². The van der Waals surface area contributed by atoms with E-state index in [0.29, 0.717) is 6.54 Å². The molecule has 2 N–H and O–H groups in total. The number of fused-ring (bicyclic) bond motifs is 1. The van der Waals surface area contributed by atoms with Gasteiger partial charge in [-0.15, -0.1) is 0 Å². The normalized spacial score (nSPS) is 15.8. The number of carbonyl (C=O) groups is 1. The Hall–Kier alpha value is -2.33. The molecular formula is C21H26N2O2. The molecule has 0 radical (unpaired) electrons. The van der Waals surface area contributed by atoms with Crippen molar-refractivity contribution in [1.82, 2.24) is 4.90 Å². The number of aliphatic hydroxyl groups is 1. The van der Waals surface area contributed by atoms with Crippen LogP contribution in [0.5, 0.6) is 0 Å². The second-order valence-corrected chi connectivity index (χ2v) is 6.87. The molecule has 132 valence electrons. The SMILES string of the molecule is Cc1cc(C)c(NC(=O)N(CCO)C2CCc3ccccc32)c(C)c1. The summed E-state index contributed by atoms with van der Waals surface area (Å²) in [5, 5.41) is 12.6. The van der Waals surface area contributed by atoms with Crippen molar-refractivity contribution in [2.75, 3.05) is 18.5 Å². The van der Waals surface area contributed by atoms with E-state index in [-0.39, 0.29) is 18.7 Å². The topological polar surface area (TPSA) is 52.6 Å². The third kappa shape index (κ3) is 3.54. The molecule has 0 bridgehead atoms. The Morgan fingerprint density at radius 3 is 2.56 bits per heavy atom. The molecule has 3 rings (SSSR count). The molecule has 0 saturated heterocycles. The summed E-state index contributed by atoms with van der Waals surface area (Å²) in [6.45, 7) is 6.36. The monoisotopic (exact) mass is 338 g/mol. The molecule has 2 aromatic carbocycles. The summed E-state index contributed by atoms with van der Waals surface area (Å²) in [5.41, 5.74) is 6.66. The van der Waals surface area contributed by atoms with Crippen LogP contribution in [0.15, 0.2) is 36.4 Å². The number of carbonyl (C=O) groups excluding carboxylic acids is 1. The highest BCUT2D eigenvalue weighted by Crippen LogP contribution is 2.36. The van der Waals surface area contributed by atoms with Crippen LogP contribution in [0.25, 0.3) is 0 Å². The lowest BCUT2D eigenvalue weighted by atomic mass is 10.0. The Bertz CT molecular complexity index is 762. The summed E-state index contributed by atoms with van der Waals surface area (Å²) >= 11 is 0. The van der Waals surface area contributed by atoms with Gasteiger partial charge in [0.05, 0.1) is 12.6 Å². The number of nitrogens with zero attached hydrogens (tertiary/aromatic N) is 1. The maximum Gasteiger partial charge on any atom is 0.322 e. The average molecular weight is 338 g/mol. The Labute approximate surface area is 149 Å². The Kier molecular flexibility index (Phi) is 5.09. The number of aryl methyl sites for hydroxylation is 4. The minimum Gasteiger partial charge on any atom is -0.395 e. The second kappa shape index (κ2) is 7.28. The molecule has 25 heavy (non-hydrogen) atoms. The highest BCUT2D eigenvalue weighted by molar-refractivity contribution is 5.91. The molecule has 1 atom stereocenters. The number of anilines is 1. The fourth-order valence-electron chi connectivity index (χ4n) is 3.92. The summed E-state index contributed by atoms with van der Waals surface area (Å²) in [7, 11) is 0. The maximum atomic E-state index is 13.0. The molecule has 4 heteroatoms. The van der Waals surface area contributed by atoms with Gasteiger partial charge in [0, 0.05) is 12.2 Å². The number of nitrogens with one attached hydrogen (secondary N) is 1. The minimum absolute atomic E-state index is 0.0226. The van der Waals surface area contributed by atoms with E-state index in [1.165, 1.54) is 16.7 Å². The van der Waals surface area contributed by atoms with Gasteiger partial charge in [-0.25, -0.2) is 4.79 Å². The van der Waals surface area contributed by atoms with Crippen LogP contribution in [-0.2, 0) is 6.42 Å². The molecule has 4 nitrogen and oxygen atoms in total. The van der Waals surface area contributed by atoms with E-state index in [1.807, 2.05) is 26.0 Å². The molecule has 0 fully saturated rings. The van der Waals surface area contributed by atoms with E-state index < -0.39 is 0 Å². The summed E-state index contributed by atoms with van der Waals surface area (Å²) in [6.07, 6.45) is 1.87. The summed E-state index contributed by atoms with van der Waals surface area (Å²) in [5.74, 6) is 0. The van der Waals surface area contributed by atoms with E-state index in [0.717, 1.165) is 29.7 Å². The zero-order chi connectivity index (χ0) is 18.0. The zero-order valence-electron chi connectivity index (χ0n) is 15.2. The number of urea groups is 1. The number of rotatable bonds is 4. The summed E-state index contributed by atoms with van der Waals surface area (Å²) in [6, 6.07) is 12.3. The van der Waals surface area contributed by atoms with Gasteiger partial charge in [0.25, 0.3) is 0 Å². The van der Waals surface area contributed by atoms with E-state index >= 15 is 0 Å². The van der Waals surface area contributed by atoms with Crippen LogP contribution in [0.3, 0.4) is 0 Å². The minimum atomic E-state index is -0.147. The van der Waals surface area contributed by atoms with E-state index in [4.69, 9.17) is 0 Å². The lowest BCUT2D eigenvalue weighted by molar-refractivity contribution is 0.162. The van der Waals surface area contributed by atoms with Crippen LogP contribution >= 0.6 is 0 Å². The van der Waals surface area contributed by atoms with Gasteiger partial charge >= 0.3 is 6.03 Å². The number of hydrogen-bond acceptors (Lipinski definition) is 2. The Balaban J connectivity index is 1.86. The van der Waals surface area contributed by atoms with Crippen LogP contribution < -0.4 is 5.32 Å². The van der Waals surface area contributed by atoms with E-state index in [2.05, 4.69) is 36.5 Å². The van der Waals surface area contributed by atoms with Gasteiger partial charge in [-0.2, -0.15) is 0 Å². The third-order valence-electron chi connectivity index (χ3n) is 4.99. The first kappa shape index (κ1) is 17.5. The van der Waals surface area contributed by atoms with Gasteiger partial charge in [0.1, 0.15) is 0 Å². The van der Waals surface area contributed by atoms with Crippen molar-refractivity contribution in [3.8, 4) is 0 Å². The Morgan fingerprint density at radius 1 is 1.20 bits per heavy atom. The van der Waals surface area contributed by atoms with Crippen molar-refractivity contribution in [2.24, 2.45) is 0 Å². The molecule has 0 saturated carbocycles. The molecule has 2 aromatic rings. The third-order valence-corrected chi connectivity index (χ3v) is 4.99. The second-order valence-electron chi connectivity index (χ2n) is 6.87. The quantitative estimate of drug-likeness (QED) is 0.881. The van der Waals surface area contributed by atoms with E-state index in [9.17, 15) is 9.90 Å². The van der Waals surface area contributed by atoms with Gasteiger partial charge < -0.3 is 15.3 Å². The van der Waals surface area contributed by atoms with Crippen LogP contribution in [-0.4, -0.2) is 29.2 Å². The first-order chi connectivity index (χ1) is 12.0. The lowest BCUT2D eigenvalue weighted by Gasteiger charge is -2.30. The molecular weight excluding hydrogens is 312 g/mol.